The predicted octanol–water partition coefficient (Wildman–Crippen LogP) is 5.51. The minimum Gasteiger partial charge on any atom is -0.316 e. The van der Waals surface area contributed by atoms with Crippen LogP contribution in [-0.4, -0.2) is 44.8 Å². The second kappa shape index (κ2) is 9.32. The smallest absolute Gasteiger partial charge is 0.316 e. The summed E-state index contributed by atoms with van der Waals surface area (Å²) < 4.78 is 103. The molecule has 0 N–H and O–H groups in total. The Morgan fingerprint density at radius 2 is 1.82 bits per heavy atom. The van der Waals surface area contributed by atoms with Crippen LogP contribution in [0.15, 0.2) is 42.7 Å². The average molecular weight is 555 g/mol. The lowest BCUT2D eigenvalue weighted by molar-refractivity contribution is -0.149. The van der Waals surface area contributed by atoms with E-state index in [0.717, 1.165) is 34.0 Å². The van der Waals surface area contributed by atoms with Crippen LogP contribution in [0.25, 0.3) is 0 Å². The van der Waals surface area contributed by atoms with Gasteiger partial charge < -0.3 is 9.47 Å². The number of likely N-dealkylation sites (tertiary alicyclic amines) is 1. The number of halogens is 7. The third-order valence-corrected chi connectivity index (χ3v) is 7.31. The highest BCUT2D eigenvalue weighted by molar-refractivity contribution is 6.10. The largest absolute Gasteiger partial charge is 0.416 e. The van der Waals surface area contributed by atoms with Gasteiger partial charge in [0.25, 0.3) is 5.91 Å². The molecule has 0 saturated carbocycles. The van der Waals surface area contributed by atoms with Crippen LogP contribution in [-0.2, 0) is 37.9 Å². The molecule has 2 aliphatic heterocycles. The van der Waals surface area contributed by atoms with Gasteiger partial charge in [-0.25, -0.2) is 8.78 Å². The molecular weight excluding hydrogens is 531 g/mol. The number of carbonyl (C=O) groups is 1. The summed E-state index contributed by atoms with van der Waals surface area (Å²) in [6.45, 7) is 0.692. The molecule has 6 nitrogen and oxygen atoms in total. The van der Waals surface area contributed by atoms with Gasteiger partial charge in [0.05, 0.1) is 12.1 Å². The predicted molar refractivity (Wildman–Crippen MR) is 127 cm³/mol. The minimum absolute atomic E-state index is 0.0386. The number of benzene rings is 2. The maximum Gasteiger partial charge on any atom is 0.416 e. The lowest BCUT2D eigenvalue weighted by Crippen LogP contribution is -2.39. The van der Waals surface area contributed by atoms with Crippen molar-refractivity contribution < 1.29 is 35.5 Å². The van der Waals surface area contributed by atoms with Crippen molar-refractivity contribution in [3.63, 3.8) is 0 Å². The van der Waals surface area contributed by atoms with E-state index in [0.29, 0.717) is 13.5 Å². The molecule has 39 heavy (non-hydrogen) atoms. The summed E-state index contributed by atoms with van der Waals surface area (Å²) in [7, 11) is 1.24. The number of nitrogens with zero attached hydrogens (tertiary/aromatic N) is 5. The van der Waals surface area contributed by atoms with Crippen molar-refractivity contribution in [3.8, 4) is 0 Å². The Hall–Kier alpha value is -3.48. The molecule has 1 amide bonds. The molecule has 3 aromatic rings. The summed E-state index contributed by atoms with van der Waals surface area (Å²) in [5, 5.41) is 6.71. The van der Waals surface area contributed by atoms with Gasteiger partial charge in [0.15, 0.2) is 0 Å². The van der Waals surface area contributed by atoms with E-state index in [2.05, 4.69) is 10.2 Å². The summed E-state index contributed by atoms with van der Waals surface area (Å²) >= 11 is 0. The molecule has 1 aromatic heterocycles. The quantitative estimate of drug-likeness (QED) is 0.377. The molecule has 1 fully saturated rings. The first-order chi connectivity index (χ1) is 18.2. The Morgan fingerprint density at radius 3 is 2.44 bits per heavy atom. The SMILES string of the molecule is Cn1cnnc1C(F)(F)[C@@](C)(F)c1cccc(N2Cc3c(cc(CN4CC[C@H](F)C4)cc3C(F)(F)F)C2=O)c1. The molecule has 3 heterocycles. The molecule has 0 bridgehead atoms. The molecule has 0 aliphatic carbocycles. The van der Waals surface area contributed by atoms with Gasteiger partial charge in [-0.3, -0.25) is 9.69 Å². The van der Waals surface area contributed by atoms with E-state index in [1.165, 1.54) is 25.2 Å². The number of hydrogen-bond acceptors (Lipinski definition) is 4. The zero-order chi connectivity index (χ0) is 28.3. The van der Waals surface area contributed by atoms with Crippen molar-refractivity contribution in [1.82, 2.24) is 19.7 Å². The Kier molecular flexibility index (Phi) is 6.47. The third-order valence-electron chi connectivity index (χ3n) is 7.31. The maximum absolute atomic E-state index is 15.8. The molecule has 208 valence electrons. The summed E-state index contributed by atoms with van der Waals surface area (Å²) in [6.07, 6.45) is -4.56. The van der Waals surface area contributed by atoms with E-state index in [1.54, 1.807) is 4.90 Å². The number of fused-ring (bicyclic) bond motifs is 1. The summed E-state index contributed by atoms with van der Waals surface area (Å²) in [5.74, 6) is -5.82. The van der Waals surface area contributed by atoms with Crippen LogP contribution in [0, 0.1) is 0 Å². The lowest BCUT2D eigenvalue weighted by atomic mass is 9.90. The molecule has 2 aliphatic rings. The lowest BCUT2D eigenvalue weighted by Gasteiger charge is -2.30. The van der Waals surface area contributed by atoms with Gasteiger partial charge in [0, 0.05) is 37.9 Å². The van der Waals surface area contributed by atoms with Crippen LogP contribution in [0.2, 0.25) is 0 Å². The fourth-order valence-electron chi connectivity index (χ4n) is 5.13. The van der Waals surface area contributed by atoms with Gasteiger partial charge in [-0.1, -0.05) is 12.1 Å². The van der Waals surface area contributed by atoms with Crippen LogP contribution in [0.1, 0.15) is 51.8 Å². The van der Waals surface area contributed by atoms with Gasteiger partial charge in [-0.15, -0.1) is 10.2 Å². The number of anilines is 1. The van der Waals surface area contributed by atoms with Gasteiger partial charge in [-0.2, -0.15) is 22.0 Å². The van der Waals surface area contributed by atoms with Crippen LogP contribution in [0.3, 0.4) is 0 Å². The number of rotatable bonds is 6. The fraction of sp³-hybridized carbons (Fsp3) is 0.423. The molecule has 0 spiro atoms. The highest BCUT2D eigenvalue weighted by atomic mass is 19.4. The van der Waals surface area contributed by atoms with Crippen molar-refractivity contribution in [2.75, 3.05) is 18.0 Å². The summed E-state index contributed by atoms with van der Waals surface area (Å²) in [4.78, 5) is 16.0. The molecule has 13 heteroatoms. The van der Waals surface area contributed by atoms with Gasteiger partial charge in [0.2, 0.25) is 11.5 Å². The standard InChI is InChI=1S/C26H24F7N5O/c1-24(28,25(29,30)23-35-34-14-36(23)2)16-4-3-5-18(10-16)38-13-20-19(22(38)39)8-15(9-21(20)26(31,32)33)11-37-7-6-17(27)12-37/h3-5,8-10,14,17H,6-7,11-13H2,1-2H3/t17-,24-/m0/s1. The molecular formula is C26H24F7N5O. The number of alkyl halides is 7. The van der Waals surface area contributed by atoms with E-state index in [9.17, 15) is 22.4 Å². The average Bonchev–Trinajstić information content (AvgIpc) is 3.57. The van der Waals surface area contributed by atoms with E-state index in [1.807, 2.05) is 0 Å². The maximum atomic E-state index is 15.8. The Balaban J connectivity index is 1.49. The molecule has 0 unspecified atom stereocenters. The zero-order valence-corrected chi connectivity index (χ0v) is 20.9. The fourth-order valence-corrected chi connectivity index (χ4v) is 5.13. The van der Waals surface area contributed by atoms with E-state index in [-0.39, 0.29) is 41.9 Å². The van der Waals surface area contributed by atoms with Crippen molar-refractivity contribution in [2.24, 2.45) is 7.05 Å². The van der Waals surface area contributed by atoms with E-state index in [4.69, 9.17) is 0 Å². The first kappa shape index (κ1) is 27.1. The summed E-state index contributed by atoms with van der Waals surface area (Å²) in [5.41, 5.74) is -5.08. The summed E-state index contributed by atoms with van der Waals surface area (Å²) in [6, 6.07) is 7.02. The zero-order valence-electron chi connectivity index (χ0n) is 20.9. The Bertz CT molecular complexity index is 1420. The van der Waals surface area contributed by atoms with Crippen LogP contribution < -0.4 is 4.90 Å². The topological polar surface area (TPSA) is 54.3 Å². The first-order valence-electron chi connectivity index (χ1n) is 12.1. The van der Waals surface area contributed by atoms with Crippen molar-refractivity contribution in [1.29, 1.82) is 0 Å². The third kappa shape index (κ3) is 4.66. The normalized spacial score (nSPS) is 20.0. The van der Waals surface area contributed by atoms with Gasteiger partial charge in [0.1, 0.15) is 12.5 Å². The molecule has 2 aromatic carbocycles. The molecule has 1 saturated heterocycles. The number of carbonyl (C=O) groups excluding carboxylic acids is 1. The van der Waals surface area contributed by atoms with Crippen molar-refractivity contribution in [3.05, 3.63) is 76.4 Å². The molecule has 5 rings (SSSR count). The molecule has 0 radical (unpaired) electrons. The van der Waals surface area contributed by atoms with Crippen LogP contribution >= 0.6 is 0 Å². The first-order valence-corrected chi connectivity index (χ1v) is 12.1. The van der Waals surface area contributed by atoms with Gasteiger partial charge >= 0.3 is 12.1 Å². The van der Waals surface area contributed by atoms with Crippen molar-refractivity contribution >= 4 is 11.6 Å². The second-order valence-electron chi connectivity index (χ2n) is 10.1. The monoisotopic (exact) mass is 555 g/mol. The number of aryl methyl sites for hydroxylation is 1. The van der Waals surface area contributed by atoms with E-state index >= 15 is 13.2 Å². The highest BCUT2D eigenvalue weighted by Gasteiger charge is 2.57. The van der Waals surface area contributed by atoms with Crippen LogP contribution in [0.5, 0.6) is 0 Å². The highest BCUT2D eigenvalue weighted by Crippen LogP contribution is 2.48. The Morgan fingerprint density at radius 1 is 1.08 bits per heavy atom. The number of amides is 1. The second-order valence-corrected chi connectivity index (χ2v) is 10.1. The van der Waals surface area contributed by atoms with Crippen molar-refractivity contribution in [2.45, 2.75) is 50.4 Å². The van der Waals surface area contributed by atoms with Crippen LogP contribution in [0.4, 0.5) is 36.4 Å². The number of hydrogen-bond donors (Lipinski definition) is 0. The minimum atomic E-state index is -4.78. The molecule has 2 atom stereocenters. The Labute approximate surface area is 219 Å². The van der Waals surface area contributed by atoms with Gasteiger partial charge in [-0.05, 0) is 54.3 Å². The van der Waals surface area contributed by atoms with E-state index < -0.39 is 53.3 Å². The number of aromatic nitrogens is 3.